The van der Waals surface area contributed by atoms with E-state index in [1.54, 1.807) is 18.2 Å². The van der Waals surface area contributed by atoms with Crippen molar-refractivity contribution in [2.75, 3.05) is 19.9 Å². The van der Waals surface area contributed by atoms with Gasteiger partial charge in [0.1, 0.15) is 0 Å². The predicted octanol–water partition coefficient (Wildman–Crippen LogP) is 1.19. The van der Waals surface area contributed by atoms with E-state index >= 15 is 0 Å². The highest BCUT2D eigenvalue weighted by Gasteiger charge is 2.17. The molecule has 0 unspecified atom stereocenters. The third kappa shape index (κ3) is 5.21. The fourth-order valence-corrected chi connectivity index (χ4v) is 3.60. The molecule has 2 aromatic carbocycles. The van der Waals surface area contributed by atoms with Gasteiger partial charge in [-0.1, -0.05) is 36.4 Å². The van der Waals surface area contributed by atoms with Crippen molar-refractivity contribution in [1.82, 2.24) is 10.0 Å². The Hall–Kier alpha value is -2.58. The molecule has 0 saturated heterocycles. The van der Waals surface area contributed by atoms with Crippen molar-refractivity contribution in [2.24, 2.45) is 0 Å². The molecule has 138 valence electrons. The van der Waals surface area contributed by atoms with Crippen LogP contribution < -0.4 is 19.5 Å². The minimum absolute atomic E-state index is 0.132. The lowest BCUT2D eigenvalue weighted by Gasteiger charge is -2.08. The van der Waals surface area contributed by atoms with Crippen molar-refractivity contribution in [3.05, 3.63) is 59.7 Å². The van der Waals surface area contributed by atoms with Gasteiger partial charge in [-0.15, -0.1) is 0 Å². The molecule has 3 rings (SSSR count). The highest BCUT2D eigenvalue weighted by molar-refractivity contribution is 7.88. The second-order valence-electron chi connectivity index (χ2n) is 5.85. The Labute approximate surface area is 152 Å². The summed E-state index contributed by atoms with van der Waals surface area (Å²) in [4.78, 5) is 11.8. The SMILES string of the molecule is O=C(CNS(=O)(=O)Cc1ccc2c(c1)OCO2)NCCc1ccccc1. The van der Waals surface area contributed by atoms with E-state index in [4.69, 9.17) is 9.47 Å². The molecular weight excluding hydrogens is 356 g/mol. The van der Waals surface area contributed by atoms with Crippen LogP contribution in [0.5, 0.6) is 11.5 Å². The Balaban J connectivity index is 1.43. The number of sulfonamides is 1. The van der Waals surface area contributed by atoms with E-state index in [1.807, 2.05) is 30.3 Å². The molecular formula is C18H20N2O5S. The van der Waals surface area contributed by atoms with Crippen LogP contribution in [0.2, 0.25) is 0 Å². The fourth-order valence-electron chi connectivity index (χ4n) is 2.53. The third-order valence-corrected chi connectivity index (χ3v) is 5.12. The first-order valence-electron chi connectivity index (χ1n) is 8.18. The minimum atomic E-state index is -3.63. The maximum absolute atomic E-state index is 12.1. The largest absolute Gasteiger partial charge is 0.454 e. The van der Waals surface area contributed by atoms with E-state index in [9.17, 15) is 13.2 Å². The normalized spacial score (nSPS) is 12.8. The topological polar surface area (TPSA) is 93.7 Å². The Morgan fingerprint density at radius 3 is 2.58 bits per heavy atom. The van der Waals surface area contributed by atoms with E-state index in [2.05, 4.69) is 10.0 Å². The summed E-state index contributed by atoms with van der Waals surface area (Å²) in [7, 11) is -3.63. The first kappa shape index (κ1) is 18.2. The van der Waals surface area contributed by atoms with Gasteiger partial charge < -0.3 is 14.8 Å². The summed E-state index contributed by atoms with van der Waals surface area (Å²) in [5.74, 6) is 0.518. The van der Waals surface area contributed by atoms with Gasteiger partial charge in [0.25, 0.3) is 0 Å². The monoisotopic (exact) mass is 376 g/mol. The van der Waals surface area contributed by atoms with Gasteiger partial charge in [0.15, 0.2) is 11.5 Å². The predicted molar refractivity (Wildman–Crippen MR) is 96.3 cm³/mol. The van der Waals surface area contributed by atoms with Gasteiger partial charge in [0.05, 0.1) is 12.3 Å². The molecule has 0 aliphatic carbocycles. The van der Waals surface area contributed by atoms with Crippen molar-refractivity contribution in [3.8, 4) is 11.5 Å². The highest BCUT2D eigenvalue weighted by atomic mass is 32.2. The van der Waals surface area contributed by atoms with Crippen LogP contribution in [-0.2, 0) is 27.0 Å². The highest BCUT2D eigenvalue weighted by Crippen LogP contribution is 2.32. The molecule has 1 aliphatic heterocycles. The maximum Gasteiger partial charge on any atom is 0.235 e. The zero-order chi connectivity index (χ0) is 18.4. The molecule has 2 aromatic rings. The quantitative estimate of drug-likeness (QED) is 0.722. The third-order valence-electron chi connectivity index (χ3n) is 3.82. The standard InChI is InChI=1S/C18H20N2O5S/c21-18(19-9-8-14-4-2-1-3-5-14)11-20-26(22,23)12-15-6-7-16-17(10-15)25-13-24-16/h1-7,10,20H,8-9,11-13H2,(H,19,21). The molecule has 0 bridgehead atoms. The Morgan fingerprint density at radius 1 is 1.00 bits per heavy atom. The first-order valence-corrected chi connectivity index (χ1v) is 9.83. The van der Waals surface area contributed by atoms with Crippen molar-refractivity contribution in [1.29, 1.82) is 0 Å². The lowest BCUT2D eigenvalue weighted by Crippen LogP contribution is -2.38. The number of nitrogens with one attached hydrogen (secondary N) is 2. The summed E-state index contributed by atoms with van der Waals surface area (Å²) in [6.07, 6.45) is 0.691. The summed E-state index contributed by atoms with van der Waals surface area (Å²) >= 11 is 0. The molecule has 0 spiro atoms. The van der Waals surface area contributed by atoms with Crippen LogP contribution >= 0.6 is 0 Å². The number of carbonyl (C=O) groups is 1. The van der Waals surface area contributed by atoms with Crippen molar-refractivity contribution >= 4 is 15.9 Å². The number of hydrogen-bond acceptors (Lipinski definition) is 5. The number of benzene rings is 2. The summed E-state index contributed by atoms with van der Waals surface area (Å²) < 4.78 is 37.0. The average molecular weight is 376 g/mol. The molecule has 8 heteroatoms. The van der Waals surface area contributed by atoms with Gasteiger partial charge in [-0.05, 0) is 29.7 Å². The van der Waals surface area contributed by atoms with Crippen LogP contribution in [0, 0.1) is 0 Å². The zero-order valence-electron chi connectivity index (χ0n) is 14.1. The van der Waals surface area contributed by atoms with Gasteiger partial charge in [-0.25, -0.2) is 13.1 Å². The van der Waals surface area contributed by atoms with Crippen LogP contribution in [0.1, 0.15) is 11.1 Å². The Kier molecular flexibility index (Phi) is 5.75. The van der Waals surface area contributed by atoms with Crippen molar-refractivity contribution in [2.45, 2.75) is 12.2 Å². The summed E-state index contributed by atoms with van der Waals surface area (Å²) in [6, 6.07) is 14.7. The summed E-state index contributed by atoms with van der Waals surface area (Å²) in [5, 5.41) is 2.70. The maximum atomic E-state index is 12.1. The van der Waals surface area contributed by atoms with E-state index < -0.39 is 10.0 Å². The lowest BCUT2D eigenvalue weighted by atomic mass is 10.1. The van der Waals surface area contributed by atoms with E-state index in [0.29, 0.717) is 30.0 Å². The lowest BCUT2D eigenvalue weighted by molar-refractivity contribution is -0.119. The summed E-state index contributed by atoms with van der Waals surface area (Å²) in [6.45, 7) is 0.293. The molecule has 0 radical (unpaired) electrons. The fraction of sp³-hybridized carbons (Fsp3) is 0.278. The Morgan fingerprint density at radius 2 is 1.77 bits per heavy atom. The molecule has 26 heavy (non-hydrogen) atoms. The molecule has 1 amide bonds. The van der Waals surface area contributed by atoms with Gasteiger partial charge in [0.2, 0.25) is 22.7 Å². The number of hydrogen-bond donors (Lipinski definition) is 2. The number of fused-ring (bicyclic) bond motifs is 1. The van der Waals surface area contributed by atoms with E-state index in [0.717, 1.165) is 5.56 Å². The van der Waals surface area contributed by atoms with Crippen LogP contribution in [0.4, 0.5) is 0 Å². The number of carbonyl (C=O) groups excluding carboxylic acids is 1. The second kappa shape index (κ2) is 8.20. The average Bonchev–Trinajstić information content (AvgIpc) is 3.08. The Bertz CT molecular complexity index is 868. The van der Waals surface area contributed by atoms with Gasteiger partial charge >= 0.3 is 0 Å². The second-order valence-corrected chi connectivity index (χ2v) is 7.66. The van der Waals surface area contributed by atoms with Gasteiger partial charge in [-0.3, -0.25) is 4.79 Å². The molecule has 7 nitrogen and oxygen atoms in total. The molecule has 2 N–H and O–H groups in total. The molecule has 0 aromatic heterocycles. The molecule has 0 atom stereocenters. The smallest absolute Gasteiger partial charge is 0.235 e. The zero-order valence-corrected chi connectivity index (χ0v) is 14.9. The summed E-state index contributed by atoms with van der Waals surface area (Å²) in [5.41, 5.74) is 1.67. The van der Waals surface area contributed by atoms with E-state index in [1.165, 1.54) is 0 Å². The molecule has 1 aliphatic rings. The number of rotatable bonds is 8. The van der Waals surface area contributed by atoms with Crippen molar-refractivity contribution < 1.29 is 22.7 Å². The van der Waals surface area contributed by atoms with Gasteiger partial charge in [0, 0.05) is 6.54 Å². The molecule has 0 fully saturated rings. The van der Waals surface area contributed by atoms with Crippen LogP contribution in [-0.4, -0.2) is 34.2 Å². The number of amides is 1. The molecule has 0 saturated carbocycles. The van der Waals surface area contributed by atoms with Crippen LogP contribution in [0.25, 0.3) is 0 Å². The molecule has 1 heterocycles. The minimum Gasteiger partial charge on any atom is -0.454 e. The van der Waals surface area contributed by atoms with Gasteiger partial charge in [-0.2, -0.15) is 0 Å². The number of ether oxygens (including phenoxy) is 2. The van der Waals surface area contributed by atoms with Crippen LogP contribution in [0.15, 0.2) is 48.5 Å². The first-order chi connectivity index (χ1) is 12.5. The van der Waals surface area contributed by atoms with Crippen molar-refractivity contribution in [3.63, 3.8) is 0 Å². The van der Waals surface area contributed by atoms with Crippen LogP contribution in [0.3, 0.4) is 0 Å². The van der Waals surface area contributed by atoms with E-state index in [-0.39, 0.29) is 25.0 Å².